The highest BCUT2D eigenvalue weighted by Gasteiger charge is 2.26. The van der Waals surface area contributed by atoms with Gasteiger partial charge in [-0.3, -0.25) is 4.90 Å². The quantitative estimate of drug-likeness (QED) is 0.485. The maximum Gasteiger partial charge on any atom is 0.223 e. The van der Waals surface area contributed by atoms with Gasteiger partial charge in [0.15, 0.2) is 0 Å². The molecule has 1 aromatic carbocycles. The normalized spacial score (nSPS) is 17.7. The molecular weight excluding hydrogens is 478 g/mol. The molecule has 1 aliphatic heterocycles. The molecule has 2 aliphatic rings. The lowest BCUT2D eigenvalue weighted by Gasteiger charge is -2.33. The minimum atomic E-state index is -3.20. The third kappa shape index (κ3) is 4.86. The fourth-order valence-corrected chi connectivity index (χ4v) is 5.14. The van der Waals surface area contributed by atoms with E-state index in [-0.39, 0.29) is 0 Å². The number of benzene rings is 1. The molecule has 0 N–H and O–H groups in total. The summed E-state index contributed by atoms with van der Waals surface area (Å²) >= 11 is 6.21. The minimum Gasteiger partial charge on any atom is -0.437 e. The van der Waals surface area contributed by atoms with E-state index in [0.29, 0.717) is 66.4 Å². The van der Waals surface area contributed by atoms with Gasteiger partial charge in [-0.2, -0.15) is 9.57 Å². The van der Waals surface area contributed by atoms with Crippen LogP contribution in [0.4, 0.5) is 0 Å². The summed E-state index contributed by atoms with van der Waals surface area (Å²) in [4.78, 5) is 6.49. The predicted molar refractivity (Wildman–Crippen MR) is 126 cm³/mol. The van der Waals surface area contributed by atoms with Crippen molar-refractivity contribution in [2.45, 2.75) is 25.9 Å². The predicted octanol–water partition coefficient (Wildman–Crippen LogP) is 2.63. The number of ether oxygens (including phenoxy) is 1. The van der Waals surface area contributed by atoms with Crippen LogP contribution in [0.2, 0.25) is 5.02 Å². The van der Waals surface area contributed by atoms with Gasteiger partial charge < -0.3 is 4.74 Å². The standard InChI is InChI=1S/C22H24ClN7O3S/c1-34(31,32)29-8-6-28(7-9-29)14-16-10-17(23)12-25-22(16)33-20-5-4-19-21(18(20)11-24)26-27-30(19)13-15-2-3-15/h4-5,10,12,15H,2-3,6-9,13-14H2,1H3. The van der Waals surface area contributed by atoms with Gasteiger partial charge in [0.25, 0.3) is 0 Å². The molecule has 12 heteroatoms. The van der Waals surface area contributed by atoms with E-state index in [2.05, 4.69) is 26.3 Å². The van der Waals surface area contributed by atoms with Crippen LogP contribution in [-0.4, -0.2) is 70.0 Å². The van der Waals surface area contributed by atoms with E-state index in [9.17, 15) is 13.7 Å². The van der Waals surface area contributed by atoms with Gasteiger partial charge >= 0.3 is 0 Å². The van der Waals surface area contributed by atoms with E-state index >= 15 is 0 Å². The molecule has 10 nitrogen and oxygen atoms in total. The number of aromatic nitrogens is 4. The lowest BCUT2D eigenvalue weighted by atomic mass is 10.1. The Morgan fingerprint density at radius 1 is 1.24 bits per heavy atom. The van der Waals surface area contributed by atoms with E-state index in [1.54, 1.807) is 12.1 Å². The average Bonchev–Trinajstić information content (AvgIpc) is 3.53. The summed E-state index contributed by atoms with van der Waals surface area (Å²) in [7, 11) is -3.20. The Labute approximate surface area is 202 Å². The van der Waals surface area contributed by atoms with E-state index in [0.717, 1.165) is 17.6 Å². The first-order valence-corrected chi connectivity index (χ1v) is 13.3. The summed E-state index contributed by atoms with van der Waals surface area (Å²) in [5.74, 6) is 1.33. The number of pyridine rings is 1. The molecule has 34 heavy (non-hydrogen) atoms. The van der Waals surface area contributed by atoms with Gasteiger partial charge in [0.2, 0.25) is 15.9 Å². The van der Waals surface area contributed by atoms with Gasteiger partial charge in [0, 0.05) is 51.0 Å². The summed E-state index contributed by atoms with van der Waals surface area (Å²) in [6, 6.07) is 7.60. The van der Waals surface area contributed by atoms with Crippen LogP contribution in [0.15, 0.2) is 24.4 Å². The Hall–Kier alpha value is -2.78. The maximum absolute atomic E-state index is 11.8. The molecule has 3 aromatic rings. The topological polar surface area (TPSA) is 117 Å². The number of sulfonamides is 1. The van der Waals surface area contributed by atoms with Crippen LogP contribution in [-0.2, 0) is 23.1 Å². The number of halogens is 1. The summed E-state index contributed by atoms with van der Waals surface area (Å²) in [6.07, 6.45) is 5.12. The van der Waals surface area contributed by atoms with Crippen LogP contribution in [0, 0.1) is 17.2 Å². The van der Waals surface area contributed by atoms with Gasteiger partial charge in [-0.1, -0.05) is 16.8 Å². The Bertz CT molecular complexity index is 1370. The van der Waals surface area contributed by atoms with Crippen molar-refractivity contribution in [3.8, 4) is 17.7 Å². The molecular formula is C22H24ClN7O3S. The fourth-order valence-electron chi connectivity index (χ4n) is 4.13. The average molecular weight is 502 g/mol. The number of fused-ring (bicyclic) bond motifs is 1. The summed E-state index contributed by atoms with van der Waals surface area (Å²) in [5.41, 5.74) is 2.38. The zero-order valence-electron chi connectivity index (χ0n) is 18.7. The van der Waals surface area contributed by atoms with Crippen molar-refractivity contribution in [2.75, 3.05) is 32.4 Å². The first-order chi connectivity index (χ1) is 16.3. The molecule has 0 unspecified atom stereocenters. The zero-order chi connectivity index (χ0) is 23.9. The Balaban J connectivity index is 1.38. The molecule has 0 atom stereocenters. The molecule has 1 saturated heterocycles. The van der Waals surface area contributed by atoms with E-state index in [4.69, 9.17) is 16.3 Å². The number of piperazine rings is 1. The van der Waals surface area contributed by atoms with E-state index in [1.165, 1.54) is 29.6 Å². The summed E-state index contributed by atoms with van der Waals surface area (Å²) < 4.78 is 33.0. The molecule has 3 heterocycles. The summed E-state index contributed by atoms with van der Waals surface area (Å²) in [5, 5.41) is 18.8. The molecule has 0 amide bonds. The highest BCUT2D eigenvalue weighted by molar-refractivity contribution is 7.88. The molecule has 1 aliphatic carbocycles. The largest absolute Gasteiger partial charge is 0.437 e. The molecule has 0 bridgehead atoms. The van der Waals surface area contributed by atoms with Crippen molar-refractivity contribution in [1.82, 2.24) is 29.2 Å². The van der Waals surface area contributed by atoms with Gasteiger partial charge in [0.1, 0.15) is 22.9 Å². The minimum absolute atomic E-state index is 0.309. The van der Waals surface area contributed by atoms with Crippen LogP contribution in [0.1, 0.15) is 24.0 Å². The monoisotopic (exact) mass is 501 g/mol. The first-order valence-electron chi connectivity index (χ1n) is 11.1. The number of hydrogen-bond acceptors (Lipinski definition) is 8. The third-order valence-electron chi connectivity index (χ3n) is 6.18. The second-order valence-corrected chi connectivity index (χ2v) is 11.2. The van der Waals surface area contributed by atoms with Crippen molar-refractivity contribution in [3.05, 3.63) is 40.5 Å². The van der Waals surface area contributed by atoms with E-state index < -0.39 is 10.0 Å². The van der Waals surface area contributed by atoms with Crippen LogP contribution in [0.5, 0.6) is 11.6 Å². The van der Waals surface area contributed by atoms with Crippen LogP contribution >= 0.6 is 11.6 Å². The van der Waals surface area contributed by atoms with Crippen molar-refractivity contribution < 1.29 is 13.2 Å². The van der Waals surface area contributed by atoms with Crippen LogP contribution in [0.25, 0.3) is 11.0 Å². The molecule has 0 spiro atoms. The molecule has 178 valence electrons. The molecule has 5 rings (SSSR count). The van der Waals surface area contributed by atoms with Crippen molar-refractivity contribution in [3.63, 3.8) is 0 Å². The second-order valence-electron chi connectivity index (χ2n) is 8.79. The van der Waals surface area contributed by atoms with Crippen LogP contribution < -0.4 is 4.74 Å². The number of nitriles is 1. The van der Waals surface area contributed by atoms with Gasteiger partial charge in [0.05, 0.1) is 16.8 Å². The molecule has 0 radical (unpaired) electrons. The lowest BCUT2D eigenvalue weighted by Crippen LogP contribution is -2.47. The fraction of sp³-hybridized carbons (Fsp3) is 0.455. The maximum atomic E-state index is 11.8. The number of nitrogens with zero attached hydrogens (tertiary/aromatic N) is 7. The van der Waals surface area contributed by atoms with Crippen LogP contribution in [0.3, 0.4) is 0 Å². The Morgan fingerprint density at radius 2 is 2.00 bits per heavy atom. The molecule has 1 saturated carbocycles. The van der Waals surface area contributed by atoms with Crippen molar-refractivity contribution in [2.24, 2.45) is 5.92 Å². The SMILES string of the molecule is CS(=O)(=O)N1CCN(Cc2cc(Cl)cnc2Oc2ccc3c(nnn3CC3CC3)c2C#N)CC1. The van der Waals surface area contributed by atoms with Gasteiger partial charge in [-0.25, -0.2) is 18.1 Å². The Kier molecular flexibility index (Phi) is 6.16. The summed E-state index contributed by atoms with van der Waals surface area (Å²) in [6.45, 7) is 3.31. The van der Waals surface area contributed by atoms with Crippen molar-refractivity contribution in [1.29, 1.82) is 5.26 Å². The first kappa shape index (κ1) is 23.0. The molecule has 2 fully saturated rings. The lowest BCUT2D eigenvalue weighted by molar-refractivity contribution is 0.180. The van der Waals surface area contributed by atoms with E-state index in [1.807, 2.05) is 10.7 Å². The molecule has 2 aromatic heterocycles. The second kappa shape index (κ2) is 9.11. The van der Waals surface area contributed by atoms with Gasteiger partial charge in [-0.05, 0) is 37.0 Å². The van der Waals surface area contributed by atoms with Crippen molar-refractivity contribution >= 4 is 32.7 Å². The Morgan fingerprint density at radius 3 is 2.68 bits per heavy atom. The van der Waals surface area contributed by atoms with Gasteiger partial charge in [-0.15, -0.1) is 5.10 Å². The number of rotatable bonds is 7. The smallest absolute Gasteiger partial charge is 0.223 e. The third-order valence-corrected chi connectivity index (χ3v) is 7.69. The number of hydrogen-bond donors (Lipinski definition) is 0. The zero-order valence-corrected chi connectivity index (χ0v) is 20.3. The highest BCUT2D eigenvalue weighted by atomic mass is 35.5. The highest BCUT2D eigenvalue weighted by Crippen LogP contribution is 2.34.